The van der Waals surface area contributed by atoms with Crippen LogP contribution in [-0.2, 0) is 0 Å². The fourth-order valence-electron chi connectivity index (χ4n) is 1.73. The van der Waals surface area contributed by atoms with E-state index in [9.17, 15) is 4.79 Å². The third-order valence-electron chi connectivity index (χ3n) is 3.02. The van der Waals surface area contributed by atoms with Crippen molar-refractivity contribution in [2.45, 2.75) is 13.0 Å². The van der Waals surface area contributed by atoms with Crippen LogP contribution in [0.25, 0.3) is 0 Å². The molecule has 0 fully saturated rings. The summed E-state index contributed by atoms with van der Waals surface area (Å²) >= 11 is 5.66. The molecule has 1 aromatic heterocycles. The molecule has 0 bridgehead atoms. The first-order valence-corrected chi connectivity index (χ1v) is 7.63. The number of hydrogen-bond donors (Lipinski definition) is 0. The van der Waals surface area contributed by atoms with Gasteiger partial charge in [-0.05, 0) is 75.8 Å². The summed E-state index contributed by atoms with van der Waals surface area (Å²) in [5.41, 5.74) is 0.660. The molecule has 0 saturated carbocycles. The summed E-state index contributed by atoms with van der Waals surface area (Å²) in [6, 6.07) is 9.20. The van der Waals surface area contributed by atoms with Crippen molar-refractivity contribution in [1.82, 2.24) is 4.90 Å². The van der Waals surface area contributed by atoms with Gasteiger partial charge in [-0.25, -0.2) is 0 Å². The Morgan fingerprint density at radius 1 is 1.42 bits per heavy atom. The number of furan rings is 1. The molecule has 0 radical (unpaired) electrons. The number of rotatable bonds is 3. The van der Waals surface area contributed by atoms with Gasteiger partial charge in [0.2, 0.25) is 0 Å². The Labute approximate surface area is 134 Å². The molecular formula is C14H13BrINO2. The zero-order valence-corrected chi connectivity index (χ0v) is 14.3. The van der Waals surface area contributed by atoms with Crippen molar-refractivity contribution in [1.29, 1.82) is 0 Å². The van der Waals surface area contributed by atoms with E-state index in [0.717, 1.165) is 13.8 Å². The minimum Gasteiger partial charge on any atom is -0.467 e. The number of carbonyl (C=O) groups is 1. The van der Waals surface area contributed by atoms with E-state index in [0.29, 0.717) is 5.56 Å². The highest BCUT2D eigenvalue weighted by Crippen LogP contribution is 2.24. The van der Waals surface area contributed by atoms with Crippen molar-refractivity contribution < 1.29 is 9.21 Å². The third-order valence-corrected chi connectivity index (χ3v) is 5.36. The Morgan fingerprint density at radius 3 is 2.74 bits per heavy atom. The summed E-state index contributed by atoms with van der Waals surface area (Å²) in [6.45, 7) is 1.94. The van der Waals surface area contributed by atoms with Crippen molar-refractivity contribution in [2.24, 2.45) is 0 Å². The summed E-state index contributed by atoms with van der Waals surface area (Å²) in [4.78, 5) is 14.1. The van der Waals surface area contributed by atoms with Crippen LogP contribution in [0.1, 0.15) is 29.1 Å². The standard InChI is InChI=1S/C14H13BrINO2/c1-9(13-4-3-7-19-13)17(2)14(18)10-5-6-12(16)11(15)8-10/h3-9H,1-2H3. The Bertz CT molecular complexity index is 583. The van der Waals surface area contributed by atoms with Gasteiger partial charge in [-0.15, -0.1) is 0 Å². The molecule has 1 aromatic carbocycles. The highest BCUT2D eigenvalue weighted by molar-refractivity contribution is 14.1. The summed E-state index contributed by atoms with van der Waals surface area (Å²) < 4.78 is 7.35. The van der Waals surface area contributed by atoms with Crippen LogP contribution in [-0.4, -0.2) is 17.9 Å². The van der Waals surface area contributed by atoms with Gasteiger partial charge in [-0.1, -0.05) is 0 Å². The van der Waals surface area contributed by atoms with Gasteiger partial charge in [0.15, 0.2) is 0 Å². The molecule has 100 valence electrons. The van der Waals surface area contributed by atoms with Crippen LogP contribution in [0.5, 0.6) is 0 Å². The lowest BCUT2D eigenvalue weighted by Crippen LogP contribution is -2.29. The zero-order valence-electron chi connectivity index (χ0n) is 10.6. The van der Waals surface area contributed by atoms with Crippen LogP contribution < -0.4 is 0 Å². The van der Waals surface area contributed by atoms with Crippen molar-refractivity contribution in [2.75, 3.05) is 7.05 Å². The molecule has 19 heavy (non-hydrogen) atoms. The predicted molar refractivity (Wildman–Crippen MR) is 86.1 cm³/mol. The van der Waals surface area contributed by atoms with Gasteiger partial charge in [0.05, 0.1) is 12.3 Å². The van der Waals surface area contributed by atoms with E-state index < -0.39 is 0 Å². The average Bonchev–Trinajstić information content (AvgIpc) is 2.93. The smallest absolute Gasteiger partial charge is 0.254 e. The largest absolute Gasteiger partial charge is 0.467 e. The molecule has 0 spiro atoms. The molecule has 0 aliphatic carbocycles. The summed E-state index contributed by atoms with van der Waals surface area (Å²) in [7, 11) is 1.78. The molecule has 1 unspecified atom stereocenters. The lowest BCUT2D eigenvalue weighted by molar-refractivity contribution is 0.0726. The number of benzene rings is 1. The first-order chi connectivity index (χ1) is 9.00. The van der Waals surface area contributed by atoms with Crippen LogP contribution in [0.3, 0.4) is 0 Å². The maximum Gasteiger partial charge on any atom is 0.254 e. The van der Waals surface area contributed by atoms with E-state index in [4.69, 9.17) is 4.42 Å². The molecular weight excluding hydrogens is 421 g/mol. The van der Waals surface area contributed by atoms with Gasteiger partial charge in [0.25, 0.3) is 5.91 Å². The number of hydrogen-bond acceptors (Lipinski definition) is 2. The minimum absolute atomic E-state index is 0.0269. The van der Waals surface area contributed by atoms with Crippen LogP contribution in [0.2, 0.25) is 0 Å². The second-order valence-corrected chi connectivity index (χ2v) is 6.25. The molecule has 0 N–H and O–H groups in total. The van der Waals surface area contributed by atoms with Crippen LogP contribution >= 0.6 is 38.5 Å². The highest BCUT2D eigenvalue weighted by Gasteiger charge is 2.21. The maximum absolute atomic E-state index is 12.4. The van der Waals surface area contributed by atoms with E-state index in [1.807, 2.05) is 37.3 Å². The van der Waals surface area contributed by atoms with Gasteiger partial charge >= 0.3 is 0 Å². The van der Waals surface area contributed by atoms with Crippen molar-refractivity contribution in [3.63, 3.8) is 0 Å². The maximum atomic E-state index is 12.4. The second kappa shape index (κ2) is 6.09. The molecule has 1 amide bonds. The monoisotopic (exact) mass is 433 g/mol. The van der Waals surface area contributed by atoms with Crippen LogP contribution in [0.4, 0.5) is 0 Å². The lowest BCUT2D eigenvalue weighted by atomic mass is 10.1. The van der Waals surface area contributed by atoms with Crippen molar-refractivity contribution in [3.8, 4) is 0 Å². The summed E-state index contributed by atoms with van der Waals surface area (Å²) in [5, 5.41) is 0. The Kier molecular flexibility index (Phi) is 4.67. The number of carbonyl (C=O) groups excluding carboxylic acids is 1. The Balaban J connectivity index is 2.21. The molecule has 0 aliphatic heterocycles. The van der Waals surface area contributed by atoms with Gasteiger partial charge < -0.3 is 9.32 Å². The van der Waals surface area contributed by atoms with Gasteiger partial charge in [0, 0.05) is 20.7 Å². The third kappa shape index (κ3) is 3.20. The zero-order chi connectivity index (χ0) is 14.0. The fraction of sp³-hybridized carbons (Fsp3) is 0.214. The van der Waals surface area contributed by atoms with Crippen LogP contribution in [0.15, 0.2) is 45.5 Å². The molecule has 5 heteroatoms. The Morgan fingerprint density at radius 2 is 2.16 bits per heavy atom. The number of halogens is 2. The minimum atomic E-state index is -0.0967. The van der Waals surface area contributed by atoms with E-state index in [2.05, 4.69) is 38.5 Å². The van der Waals surface area contributed by atoms with E-state index in [-0.39, 0.29) is 11.9 Å². The number of amides is 1. The summed E-state index contributed by atoms with van der Waals surface area (Å²) in [6.07, 6.45) is 1.62. The normalized spacial score (nSPS) is 12.2. The second-order valence-electron chi connectivity index (χ2n) is 4.24. The Hall–Kier alpha value is -0.820. The lowest BCUT2D eigenvalue weighted by Gasteiger charge is -2.23. The molecule has 3 nitrogen and oxygen atoms in total. The van der Waals surface area contributed by atoms with E-state index in [1.54, 1.807) is 18.2 Å². The molecule has 1 atom stereocenters. The van der Waals surface area contributed by atoms with Gasteiger partial charge in [0.1, 0.15) is 5.76 Å². The van der Waals surface area contributed by atoms with Gasteiger partial charge in [-0.3, -0.25) is 4.79 Å². The average molecular weight is 434 g/mol. The van der Waals surface area contributed by atoms with Crippen LogP contribution in [0, 0.1) is 3.57 Å². The molecule has 0 saturated heterocycles. The topological polar surface area (TPSA) is 33.5 Å². The highest BCUT2D eigenvalue weighted by atomic mass is 127. The van der Waals surface area contributed by atoms with Crippen molar-refractivity contribution >= 4 is 44.4 Å². The SMILES string of the molecule is CC(c1ccco1)N(C)C(=O)c1ccc(I)c(Br)c1. The molecule has 1 heterocycles. The van der Waals surface area contributed by atoms with Gasteiger partial charge in [-0.2, -0.15) is 0 Å². The van der Waals surface area contributed by atoms with E-state index in [1.165, 1.54) is 0 Å². The first kappa shape index (κ1) is 14.6. The predicted octanol–water partition coefficient (Wildman–Crippen LogP) is 4.48. The van der Waals surface area contributed by atoms with E-state index >= 15 is 0 Å². The quantitative estimate of drug-likeness (QED) is 0.668. The fourth-order valence-corrected chi connectivity index (χ4v) is 2.44. The molecule has 0 aliphatic rings. The summed E-state index contributed by atoms with van der Waals surface area (Å²) in [5.74, 6) is 0.751. The first-order valence-electron chi connectivity index (χ1n) is 5.76. The van der Waals surface area contributed by atoms with Crippen molar-refractivity contribution in [3.05, 3.63) is 56.0 Å². The number of nitrogens with zero attached hydrogens (tertiary/aromatic N) is 1. The molecule has 2 rings (SSSR count). The molecule has 2 aromatic rings.